The van der Waals surface area contributed by atoms with E-state index in [1.165, 1.54) is 6.07 Å². The van der Waals surface area contributed by atoms with Crippen LogP contribution >= 0.6 is 11.3 Å². The molecule has 0 aliphatic carbocycles. The molecule has 1 aromatic heterocycles. The summed E-state index contributed by atoms with van der Waals surface area (Å²) in [7, 11) is -3.64. The molecule has 8 heteroatoms. The first-order valence-corrected chi connectivity index (χ1v) is 9.56. The van der Waals surface area contributed by atoms with Gasteiger partial charge in [-0.15, -0.1) is 11.3 Å². The smallest absolute Gasteiger partial charge is 0.250 e. The highest BCUT2D eigenvalue weighted by Crippen LogP contribution is 2.31. The number of nitrogen functional groups attached to an aromatic ring is 1. The zero-order valence-corrected chi connectivity index (χ0v) is 14.0. The van der Waals surface area contributed by atoms with Gasteiger partial charge in [0.15, 0.2) is 0 Å². The van der Waals surface area contributed by atoms with Crippen molar-refractivity contribution in [2.24, 2.45) is 0 Å². The van der Waals surface area contributed by atoms with Crippen molar-refractivity contribution in [1.29, 1.82) is 0 Å². The van der Waals surface area contributed by atoms with Crippen molar-refractivity contribution in [3.05, 3.63) is 41.3 Å². The molecular formula is C15H17N3O3S2. The van der Waals surface area contributed by atoms with Gasteiger partial charge >= 0.3 is 0 Å². The molecule has 0 radical (unpaired) electrons. The van der Waals surface area contributed by atoms with Crippen LogP contribution in [-0.4, -0.2) is 27.4 Å². The third-order valence-electron chi connectivity index (χ3n) is 3.76. The van der Waals surface area contributed by atoms with Crippen molar-refractivity contribution in [2.75, 3.05) is 23.7 Å². The first kappa shape index (κ1) is 16.0. The summed E-state index contributed by atoms with van der Waals surface area (Å²) in [6, 6.07) is 8.62. The zero-order chi connectivity index (χ0) is 16.4. The van der Waals surface area contributed by atoms with Crippen LogP contribution in [0.1, 0.15) is 12.0 Å². The molecule has 0 atom stereocenters. The molecule has 0 unspecified atom stereocenters. The molecule has 2 heterocycles. The molecule has 3 N–H and O–H groups in total. The maximum atomic E-state index is 12.4. The number of amides is 1. The van der Waals surface area contributed by atoms with E-state index in [1.54, 1.807) is 22.4 Å². The molecule has 3 rings (SSSR count). The highest BCUT2D eigenvalue weighted by Gasteiger charge is 2.25. The number of nitrogens with one attached hydrogen (secondary N) is 1. The number of fused-ring (bicyclic) bond motifs is 1. The fraction of sp³-hybridized carbons (Fsp3) is 0.267. The largest absolute Gasteiger partial charge is 0.398 e. The number of sulfonamides is 1. The van der Waals surface area contributed by atoms with Crippen LogP contribution in [0.3, 0.4) is 0 Å². The minimum absolute atomic E-state index is 0.202. The summed E-state index contributed by atoms with van der Waals surface area (Å²) in [4.78, 5) is 14.1. The van der Waals surface area contributed by atoms with Crippen molar-refractivity contribution in [3.63, 3.8) is 0 Å². The van der Waals surface area contributed by atoms with E-state index in [-0.39, 0.29) is 16.7 Å². The number of benzene rings is 1. The predicted molar refractivity (Wildman–Crippen MR) is 91.0 cm³/mol. The van der Waals surface area contributed by atoms with Crippen LogP contribution in [0.4, 0.5) is 11.4 Å². The second-order valence-electron chi connectivity index (χ2n) is 5.25. The zero-order valence-electron chi connectivity index (χ0n) is 12.4. The molecule has 1 aliphatic rings. The first-order chi connectivity index (χ1) is 11.0. The van der Waals surface area contributed by atoms with E-state index in [4.69, 9.17) is 5.73 Å². The lowest BCUT2D eigenvalue weighted by atomic mass is 10.00. The lowest BCUT2D eigenvalue weighted by Crippen LogP contribution is -2.42. The number of rotatable bonds is 4. The van der Waals surface area contributed by atoms with Gasteiger partial charge in [0, 0.05) is 17.9 Å². The summed E-state index contributed by atoms with van der Waals surface area (Å²) in [5.74, 6) is -0.281. The Hall–Kier alpha value is -1.90. The molecule has 1 aromatic carbocycles. The number of nitrogens with two attached hydrogens (primary N) is 1. The van der Waals surface area contributed by atoms with E-state index in [2.05, 4.69) is 4.72 Å². The molecule has 1 amide bonds. The Morgan fingerprint density at radius 3 is 2.87 bits per heavy atom. The van der Waals surface area contributed by atoms with Crippen LogP contribution in [0.25, 0.3) is 0 Å². The average Bonchev–Trinajstić information content (AvgIpc) is 3.08. The van der Waals surface area contributed by atoms with Gasteiger partial charge in [-0.2, -0.15) is 0 Å². The van der Waals surface area contributed by atoms with Crippen LogP contribution in [0, 0.1) is 0 Å². The van der Waals surface area contributed by atoms with Gasteiger partial charge in [-0.25, -0.2) is 13.1 Å². The Balaban J connectivity index is 1.75. The molecule has 2 aromatic rings. The van der Waals surface area contributed by atoms with Crippen LogP contribution in [0.5, 0.6) is 0 Å². The maximum absolute atomic E-state index is 12.4. The lowest BCUT2D eigenvalue weighted by molar-refractivity contribution is -0.117. The maximum Gasteiger partial charge on any atom is 0.250 e. The fourth-order valence-corrected chi connectivity index (χ4v) is 4.66. The fourth-order valence-electron chi connectivity index (χ4n) is 2.65. The van der Waals surface area contributed by atoms with Gasteiger partial charge in [-0.3, -0.25) is 4.79 Å². The molecule has 122 valence electrons. The summed E-state index contributed by atoms with van der Waals surface area (Å²) in [5, 5.41) is 1.68. The van der Waals surface area contributed by atoms with Crippen LogP contribution in [0.15, 0.2) is 39.9 Å². The van der Waals surface area contributed by atoms with Crippen molar-refractivity contribution < 1.29 is 13.2 Å². The molecule has 23 heavy (non-hydrogen) atoms. The third kappa shape index (κ3) is 3.24. The van der Waals surface area contributed by atoms with Crippen LogP contribution < -0.4 is 15.4 Å². The molecular weight excluding hydrogens is 334 g/mol. The summed E-state index contributed by atoms with van der Waals surface area (Å²) in [5.41, 5.74) is 8.36. The third-order valence-corrected chi connectivity index (χ3v) is 6.56. The molecule has 0 bridgehead atoms. The number of hydrogen-bond acceptors (Lipinski definition) is 5. The lowest BCUT2D eigenvalue weighted by Gasteiger charge is -2.30. The molecule has 0 spiro atoms. The van der Waals surface area contributed by atoms with Crippen molar-refractivity contribution >= 4 is 38.6 Å². The molecule has 1 aliphatic heterocycles. The number of hydrogen-bond donors (Lipinski definition) is 2. The second-order valence-corrected chi connectivity index (χ2v) is 8.19. The van der Waals surface area contributed by atoms with E-state index in [1.807, 2.05) is 12.1 Å². The van der Waals surface area contributed by atoms with Crippen molar-refractivity contribution in [3.8, 4) is 0 Å². The number of carbonyl (C=O) groups is 1. The minimum Gasteiger partial charge on any atom is -0.398 e. The normalized spacial score (nSPS) is 14.5. The summed E-state index contributed by atoms with van der Waals surface area (Å²) in [6.07, 6.45) is 1.64. The summed E-state index contributed by atoms with van der Waals surface area (Å²) in [6.45, 7) is 0.296. The van der Waals surface area contributed by atoms with E-state index >= 15 is 0 Å². The molecule has 0 saturated heterocycles. The number of anilines is 2. The number of nitrogens with zero attached hydrogens (tertiary/aromatic N) is 1. The van der Waals surface area contributed by atoms with Crippen LogP contribution in [-0.2, 0) is 21.2 Å². The topological polar surface area (TPSA) is 92.5 Å². The first-order valence-electron chi connectivity index (χ1n) is 7.20. The Morgan fingerprint density at radius 1 is 1.30 bits per heavy atom. The Morgan fingerprint density at radius 2 is 2.13 bits per heavy atom. The van der Waals surface area contributed by atoms with Gasteiger partial charge in [0.25, 0.3) is 10.0 Å². The quantitative estimate of drug-likeness (QED) is 0.818. The van der Waals surface area contributed by atoms with Gasteiger partial charge in [0.05, 0.1) is 6.54 Å². The Kier molecular flexibility index (Phi) is 4.38. The van der Waals surface area contributed by atoms with E-state index in [9.17, 15) is 13.2 Å². The van der Waals surface area contributed by atoms with Gasteiger partial charge in [-0.1, -0.05) is 12.1 Å². The van der Waals surface area contributed by atoms with Crippen LogP contribution in [0.2, 0.25) is 0 Å². The van der Waals surface area contributed by atoms with E-state index in [0.29, 0.717) is 12.2 Å². The summed E-state index contributed by atoms with van der Waals surface area (Å²) < 4.78 is 26.7. The highest BCUT2D eigenvalue weighted by molar-refractivity contribution is 7.91. The number of thiophene rings is 1. The Bertz CT molecular complexity index is 816. The molecule has 0 fully saturated rings. The second kappa shape index (κ2) is 6.31. The molecule has 0 saturated carbocycles. The van der Waals surface area contributed by atoms with Gasteiger partial charge in [0.1, 0.15) is 4.21 Å². The predicted octanol–water partition coefficient (Wildman–Crippen LogP) is 1.59. The van der Waals surface area contributed by atoms with E-state index < -0.39 is 10.0 Å². The minimum atomic E-state index is -3.64. The molecule has 6 nitrogen and oxygen atoms in total. The van der Waals surface area contributed by atoms with Crippen molar-refractivity contribution in [2.45, 2.75) is 17.1 Å². The Labute approximate surface area is 139 Å². The van der Waals surface area contributed by atoms with Gasteiger partial charge in [-0.05, 0) is 42.0 Å². The summed E-state index contributed by atoms with van der Waals surface area (Å²) >= 11 is 1.12. The monoisotopic (exact) mass is 351 g/mol. The van der Waals surface area contributed by atoms with Gasteiger partial charge < -0.3 is 10.6 Å². The standard InChI is InChI=1S/C15H17N3O3S2/c16-12-5-1-6-13-11(12)4-2-8-18(13)14(19)10-17-23(20,21)15-7-3-9-22-15/h1,3,5-7,9,17H,2,4,8,10,16H2. The average molecular weight is 351 g/mol. The van der Waals surface area contributed by atoms with E-state index in [0.717, 1.165) is 35.4 Å². The van der Waals surface area contributed by atoms with Gasteiger partial charge in [0.2, 0.25) is 5.91 Å². The highest BCUT2D eigenvalue weighted by atomic mass is 32.2. The van der Waals surface area contributed by atoms with Crippen molar-refractivity contribution in [1.82, 2.24) is 4.72 Å². The number of carbonyl (C=O) groups excluding carboxylic acids is 1. The SMILES string of the molecule is Nc1cccc2c1CCCN2C(=O)CNS(=O)(=O)c1cccs1.